The van der Waals surface area contributed by atoms with Gasteiger partial charge in [0.05, 0.1) is 4.90 Å². The summed E-state index contributed by atoms with van der Waals surface area (Å²) in [5, 5.41) is 0. The third kappa shape index (κ3) is 5.20. The quantitative estimate of drug-likeness (QED) is 0.770. The van der Waals surface area contributed by atoms with E-state index in [2.05, 4.69) is 11.6 Å². The molecule has 0 spiro atoms. The van der Waals surface area contributed by atoms with Gasteiger partial charge in [0.1, 0.15) is 0 Å². The predicted octanol–water partition coefficient (Wildman–Crippen LogP) is 3.74. The Bertz CT molecular complexity index is 902. The summed E-state index contributed by atoms with van der Waals surface area (Å²) in [5.74, 6) is 0.0240. The summed E-state index contributed by atoms with van der Waals surface area (Å²) >= 11 is 0. The maximum atomic E-state index is 12.6. The van der Waals surface area contributed by atoms with Crippen LogP contribution < -0.4 is 4.72 Å². The molecule has 6 heteroatoms. The van der Waals surface area contributed by atoms with Crippen molar-refractivity contribution in [3.63, 3.8) is 0 Å². The number of carbonyl (C=O) groups excluding carboxylic acids is 1. The van der Waals surface area contributed by atoms with Crippen LogP contribution in [0.2, 0.25) is 0 Å². The SMILES string of the molecule is CCCc1ccc(S(=O)(=O)NCc2cccc(C(=O)N3CCCCC3)c2)cc1. The first-order valence-corrected chi connectivity index (χ1v) is 11.4. The van der Waals surface area contributed by atoms with Crippen molar-refractivity contribution in [2.24, 2.45) is 0 Å². The summed E-state index contributed by atoms with van der Waals surface area (Å²) in [6, 6.07) is 14.2. The molecule has 2 aromatic rings. The molecule has 1 aliphatic rings. The number of hydrogen-bond acceptors (Lipinski definition) is 3. The Balaban J connectivity index is 1.65. The largest absolute Gasteiger partial charge is 0.339 e. The third-order valence-electron chi connectivity index (χ3n) is 5.06. The molecule has 0 aliphatic carbocycles. The minimum absolute atomic E-state index is 0.0240. The number of piperidine rings is 1. The number of amides is 1. The van der Waals surface area contributed by atoms with E-state index in [1.165, 1.54) is 6.42 Å². The van der Waals surface area contributed by atoms with Gasteiger partial charge in [-0.15, -0.1) is 0 Å². The van der Waals surface area contributed by atoms with Gasteiger partial charge >= 0.3 is 0 Å². The van der Waals surface area contributed by atoms with Gasteiger partial charge in [-0.1, -0.05) is 37.6 Å². The van der Waals surface area contributed by atoms with Crippen LogP contribution in [0.1, 0.15) is 54.1 Å². The molecule has 1 heterocycles. The fourth-order valence-electron chi connectivity index (χ4n) is 3.48. The molecule has 0 atom stereocenters. The van der Waals surface area contributed by atoms with Crippen LogP contribution in [0.25, 0.3) is 0 Å². The molecular weight excluding hydrogens is 372 g/mol. The first kappa shape index (κ1) is 20.6. The first-order chi connectivity index (χ1) is 13.5. The Hall–Kier alpha value is -2.18. The molecule has 1 saturated heterocycles. The molecule has 1 amide bonds. The fourth-order valence-corrected chi connectivity index (χ4v) is 4.50. The van der Waals surface area contributed by atoms with Crippen LogP contribution in [0.5, 0.6) is 0 Å². The molecule has 3 rings (SSSR count). The smallest absolute Gasteiger partial charge is 0.253 e. The molecule has 28 heavy (non-hydrogen) atoms. The normalized spacial score (nSPS) is 14.8. The first-order valence-electron chi connectivity index (χ1n) is 9.96. The molecule has 1 aliphatic heterocycles. The summed E-state index contributed by atoms with van der Waals surface area (Å²) < 4.78 is 27.7. The lowest BCUT2D eigenvalue weighted by molar-refractivity contribution is 0.0724. The van der Waals surface area contributed by atoms with Crippen LogP contribution >= 0.6 is 0 Å². The molecule has 0 unspecified atom stereocenters. The van der Waals surface area contributed by atoms with E-state index in [0.717, 1.165) is 49.9 Å². The highest BCUT2D eigenvalue weighted by atomic mass is 32.2. The van der Waals surface area contributed by atoms with Gasteiger partial charge in [0.15, 0.2) is 0 Å². The minimum atomic E-state index is -3.59. The Kier molecular flexibility index (Phi) is 6.86. The fraction of sp³-hybridized carbons (Fsp3) is 0.409. The molecule has 0 saturated carbocycles. The van der Waals surface area contributed by atoms with E-state index in [0.29, 0.717) is 5.56 Å². The van der Waals surface area contributed by atoms with Crippen molar-refractivity contribution < 1.29 is 13.2 Å². The molecular formula is C22H28N2O3S. The van der Waals surface area contributed by atoms with E-state index in [1.54, 1.807) is 30.3 Å². The van der Waals surface area contributed by atoms with Gasteiger partial charge in [0.2, 0.25) is 10.0 Å². The zero-order valence-corrected chi connectivity index (χ0v) is 17.2. The lowest BCUT2D eigenvalue weighted by atomic mass is 10.1. The number of aryl methyl sites for hydroxylation is 1. The standard InChI is InChI=1S/C22H28N2O3S/c1-2-7-18-10-12-21(13-11-18)28(26,27)23-17-19-8-6-9-20(16-19)22(25)24-14-4-3-5-15-24/h6,8-13,16,23H,2-5,7,14-15,17H2,1H3. The second kappa shape index (κ2) is 9.34. The van der Waals surface area contributed by atoms with Crippen molar-refractivity contribution in [1.82, 2.24) is 9.62 Å². The average molecular weight is 401 g/mol. The Morgan fingerprint density at radius 3 is 2.39 bits per heavy atom. The number of nitrogens with one attached hydrogen (secondary N) is 1. The summed E-state index contributed by atoms with van der Waals surface area (Å²) in [4.78, 5) is 14.8. The molecule has 5 nitrogen and oxygen atoms in total. The van der Waals surface area contributed by atoms with Crippen LogP contribution in [0, 0.1) is 0 Å². The zero-order valence-electron chi connectivity index (χ0n) is 16.4. The minimum Gasteiger partial charge on any atom is -0.339 e. The van der Waals surface area contributed by atoms with Crippen LogP contribution in [-0.4, -0.2) is 32.3 Å². The molecule has 150 valence electrons. The van der Waals surface area contributed by atoms with E-state index < -0.39 is 10.0 Å². The van der Waals surface area contributed by atoms with E-state index >= 15 is 0 Å². The summed E-state index contributed by atoms with van der Waals surface area (Å²) in [6.45, 7) is 3.84. The number of likely N-dealkylation sites (tertiary alicyclic amines) is 1. The zero-order chi connectivity index (χ0) is 20.0. The second-order valence-electron chi connectivity index (χ2n) is 7.27. The van der Waals surface area contributed by atoms with E-state index in [1.807, 2.05) is 23.1 Å². The molecule has 0 bridgehead atoms. The van der Waals surface area contributed by atoms with E-state index in [-0.39, 0.29) is 17.3 Å². The van der Waals surface area contributed by atoms with Gasteiger partial charge in [-0.3, -0.25) is 4.79 Å². The van der Waals surface area contributed by atoms with Gasteiger partial charge in [0, 0.05) is 25.2 Å². The van der Waals surface area contributed by atoms with E-state index in [9.17, 15) is 13.2 Å². The van der Waals surface area contributed by atoms with Gasteiger partial charge in [-0.25, -0.2) is 13.1 Å². The summed E-state index contributed by atoms with van der Waals surface area (Å²) in [5.41, 5.74) is 2.52. The van der Waals surface area contributed by atoms with Gasteiger partial charge in [-0.2, -0.15) is 0 Å². The predicted molar refractivity (Wildman–Crippen MR) is 111 cm³/mol. The molecule has 0 aromatic heterocycles. The molecule has 0 radical (unpaired) electrons. The highest BCUT2D eigenvalue weighted by Gasteiger charge is 2.19. The van der Waals surface area contributed by atoms with Crippen LogP contribution in [0.3, 0.4) is 0 Å². The van der Waals surface area contributed by atoms with E-state index in [4.69, 9.17) is 0 Å². The van der Waals surface area contributed by atoms with Gasteiger partial charge in [-0.05, 0) is 61.1 Å². The van der Waals surface area contributed by atoms with Crippen molar-refractivity contribution in [1.29, 1.82) is 0 Å². The Morgan fingerprint density at radius 1 is 1.00 bits per heavy atom. The molecule has 1 N–H and O–H groups in total. The highest BCUT2D eigenvalue weighted by Crippen LogP contribution is 2.16. The maximum Gasteiger partial charge on any atom is 0.253 e. The number of carbonyl (C=O) groups is 1. The topological polar surface area (TPSA) is 66.5 Å². The number of sulfonamides is 1. The van der Waals surface area contributed by atoms with Gasteiger partial charge < -0.3 is 4.90 Å². The lowest BCUT2D eigenvalue weighted by Crippen LogP contribution is -2.35. The van der Waals surface area contributed by atoms with Crippen molar-refractivity contribution >= 4 is 15.9 Å². The van der Waals surface area contributed by atoms with Crippen LogP contribution in [-0.2, 0) is 23.0 Å². The third-order valence-corrected chi connectivity index (χ3v) is 6.47. The van der Waals surface area contributed by atoms with Crippen molar-refractivity contribution in [2.75, 3.05) is 13.1 Å². The number of nitrogens with zero attached hydrogens (tertiary/aromatic N) is 1. The monoisotopic (exact) mass is 400 g/mol. The number of rotatable bonds is 7. The number of hydrogen-bond donors (Lipinski definition) is 1. The molecule has 2 aromatic carbocycles. The lowest BCUT2D eigenvalue weighted by Gasteiger charge is -2.26. The summed E-state index contributed by atoms with van der Waals surface area (Å²) in [6.07, 6.45) is 5.22. The summed E-state index contributed by atoms with van der Waals surface area (Å²) in [7, 11) is -3.59. The van der Waals surface area contributed by atoms with Crippen LogP contribution in [0.4, 0.5) is 0 Å². The average Bonchev–Trinajstić information content (AvgIpc) is 2.73. The van der Waals surface area contributed by atoms with Gasteiger partial charge in [0.25, 0.3) is 5.91 Å². The van der Waals surface area contributed by atoms with Crippen LogP contribution in [0.15, 0.2) is 53.4 Å². The molecule has 1 fully saturated rings. The van der Waals surface area contributed by atoms with Crippen molar-refractivity contribution in [3.8, 4) is 0 Å². The number of benzene rings is 2. The Morgan fingerprint density at radius 2 is 1.71 bits per heavy atom. The van der Waals surface area contributed by atoms with Crippen molar-refractivity contribution in [2.45, 2.75) is 50.5 Å². The Labute approximate surface area is 167 Å². The second-order valence-corrected chi connectivity index (χ2v) is 9.04. The van der Waals surface area contributed by atoms with Crippen molar-refractivity contribution in [3.05, 3.63) is 65.2 Å². The highest BCUT2D eigenvalue weighted by molar-refractivity contribution is 7.89. The maximum absolute atomic E-state index is 12.6.